The molecule has 0 unspecified atom stereocenters. The molecule has 2 aliphatic heterocycles. The highest BCUT2D eigenvalue weighted by Gasteiger charge is 2.49. The van der Waals surface area contributed by atoms with Gasteiger partial charge in [0.2, 0.25) is 5.75 Å². The van der Waals surface area contributed by atoms with Crippen molar-refractivity contribution in [2.75, 3.05) is 41.2 Å². The van der Waals surface area contributed by atoms with Crippen molar-refractivity contribution in [1.29, 1.82) is 0 Å². The number of ether oxygens (including phenoxy) is 5. The van der Waals surface area contributed by atoms with E-state index in [1.54, 1.807) is 12.1 Å². The molecule has 0 saturated carbocycles. The maximum atomic E-state index is 13.1. The summed E-state index contributed by atoms with van der Waals surface area (Å²) in [5.74, 6) is -0.180. The highest BCUT2D eigenvalue weighted by molar-refractivity contribution is 6.08. The van der Waals surface area contributed by atoms with Crippen LogP contribution >= 0.6 is 0 Å². The third-order valence-electron chi connectivity index (χ3n) is 6.22. The van der Waals surface area contributed by atoms with E-state index in [-0.39, 0.29) is 35.7 Å². The molecule has 0 aromatic heterocycles. The van der Waals surface area contributed by atoms with Crippen LogP contribution in [0.15, 0.2) is 29.4 Å². The number of phenolic OH excluding ortho intramolecular Hbond substituents is 1. The van der Waals surface area contributed by atoms with Gasteiger partial charge in [0.15, 0.2) is 23.0 Å². The number of hydrogen-bond donors (Lipinski definition) is 1. The van der Waals surface area contributed by atoms with Crippen LogP contribution in [0.1, 0.15) is 22.6 Å². The van der Waals surface area contributed by atoms with Crippen molar-refractivity contribution in [2.24, 2.45) is 17.0 Å². The van der Waals surface area contributed by atoms with Crippen LogP contribution < -0.4 is 18.9 Å². The highest BCUT2D eigenvalue weighted by atomic mass is 16.6. The van der Waals surface area contributed by atoms with Crippen LogP contribution in [0.2, 0.25) is 0 Å². The molecule has 0 radical (unpaired) electrons. The van der Waals surface area contributed by atoms with Crippen molar-refractivity contribution in [3.8, 4) is 28.7 Å². The summed E-state index contributed by atoms with van der Waals surface area (Å²) in [6.45, 7) is 1.15. The molecule has 1 aliphatic carbocycles. The van der Waals surface area contributed by atoms with E-state index in [4.69, 9.17) is 28.5 Å². The van der Waals surface area contributed by atoms with Gasteiger partial charge in [-0.15, -0.1) is 0 Å². The van der Waals surface area contributed by atoms with Gasteiger partial charge in [0, 0.05) is 11.5 Å². The Kier molecular flexibility index (Phi) is 4.96. The number of nitrogens with zero attached hydrogens (tertiary/aromatic N) is 1. The van der Waals surface area contributed by atoms with Gasteiger partial charge >= 0.3 is 5.97 Å². The van der Waals surface area contributed by atoms with Crippen LogP contribution in [0.25, 0.3) is 0 Å². The quantitative estimate of drug-likeness (QED) is 0.722. The lowest BCUT2D eigenvalue weighted by Crippen LogP contribution is -2.41. The predicted molar refractivity (Wildman–Crippen MR) is 112 cm³/mol. The summed E-state index contributed by atoms with van der Waals surface area (Å²) in [6.07, 6.45) is 0. The summed E-state index contributed by atoms with van der Waals surface area (Å²) in [5.41, 5.74) is 3.05. The lowest BCUT2D eigenvalue weighted by Gasteiger charge is -2.37. The van der Waals surface area contributed by atoms with Crippen LogP contribution in [0, 0.1) is 11.8 Å². The normalized spacial score (nSPS) is 22.7. The van der Waals surface area contributed by atoms with Crippen LogP contribution in [0.4, 0.5) is 0 Å². The Morgan fingerprint density at radius 3 is 2.31 bits per heavy atom. The number of hydrogen-bond acceptors (Lipinski definition) is 9. The van der Waals surface area contributed by atoms with Crippen LogP contribution in [-0.4, -0.2) is 57.9 Å². The molecule has 0 amide bonds. The van der Waals surface area contributed by atoms with Gasteiger partial charge in [-0.05, 0) is 35.4 Å². The number of fused-ring (bicyclic) bond motifs is 4. The summed E-state index contributed by atoms with van der Waals surface area (Å²) in [4.78, 5) is 18.5. The Bertz CT molecular complexity index is 1090. The molecule has 32 heavy (non-hydrogen) atoms. The topological polar surface area (TPSA) is 105 Å². The molecule has 1 N–H and O–H groups in total. The number of phenols is 1. The van der Waals surface area contributed by atoms with E-state index < -0.39 is 11.8 Å². The maximum absolute atomic E-state index is 13.1. The Labute approximate surface area is 184 Å². The van der Waals surface area contributed by atoms with E-state index in [1.807, 2.05) is 12.1 Å². The smallest absolute Gasteiger partial charge is 0.310 e. The van der Waals surface area contributed by atoms with Crippen molar-refractivity contribution in [3.63, 3.8) is 0 Å². The molecule has 5 rings (SSSR count). The van der Waals surface area contributed by atoms with Gasteiger partial charge in [0.1, 0.15) is 19.8 Å². The Morgan fingerprint density at radius 1 is 1.03 bits per heavy atom. The van der Waals surface area contributed by atoms with E-state index in [2.05, 4.69) is 5.16 Å². The molecule has 0 fully saturated rings. The average Bonchev–Trinajstić information content (AvgIpc) is 3.31. The zero-order valence-electron chi connectivity index (χ0n) is 17.9. The van der Waals surface area contributed by atoms with Gasteiger partial charge < -0.3 is 33.6 Å². The number of methoxy groups -OCH3 is 3. The second kappa shape index (κ2) is 7.81. The first kappa shape index (κ1) is 20.3. The maximum Gasteiger partial charge on any atom is 0.310 e. The lowest BCUT2D eigenvalue weighted by atomic mass is 9.65. The van der Waals surface area contributed by atoms with Gasteiger partial charge in [-0.1, -0.05) is 5.16 Å². The molecule has 9 nitrogen and oxygen atoms in total. The summed E-state index contributed by atoms with van der Waals surface area (Å²) in [5, 5.41) is 14.7. The van der Waals surface area contributed by atoms with Crippen LogP contribution in [0.5, 0.6) is 28.7 Å². The van der Waals surface area contributed by atoms with E-state index in [9.17, 15) is 9.90 Å². The summed E-state index contributed by atoms with van der Waals surface area (Å²) in [7, 11) is 4.29. The second-order valence-electron chi connectivity index (χ2n) is 7.76. The summed E-state index contributed by atoms with van der Waals surface area (Å²) in [6, 6.07) is 7.18. The molecule has 0 saturated heterocycles. The molecule has 0 spiro atoms. The van der Waals surface area contributed by atoms with Gasteiger partial charge in [-0.2, -0.15) is 0 Å². The Morgan fingerprint density at radius 2 is 1.69 bits per heavy atom. The van der Waals surface area contributed by atoms with Crippen molar-refractivity contribution >= 4 is 11.7 Å². The molecule has 2 heterocycles. The van der Waals surface area contributed by atoms with Gasteiger partial charge in [0.25, 0.3) is 0 Å². The predicted octanol–water partition coefficient (Wildman–Crippen LogP) is 2.47. The number of oxime groups is 1. The number of esters is 1. The fourth-order valence-corrected chi connectivity index (χ4v) is 4.78. The first-order valence-corrected chi connectivity index (χ1v) is 10.2. The van der Waals surface area contributed by atoms with E-state index >= 15 is 0 Å². The fourth-order valence-electron chi connectivity index (χ4n) is 4.78. The van der Waals surface area contributed by atoms with E-state index in [0.29, 0.717) is 30.4 Å². The molecule has 3 atom stereocenters. The number of carbonyl (C=O) groups excluding carboxylic acids is 1. The fraction of sp³-hybridized carbons (Fsp3) is 0.391. The molecular formula is C23H23NO8. The average molecular weight is 441 g/mol. The highest BCUT2D eigenvalue weighted by Crippen LogP contribution is 2.51. The third kappa shape index (κ3) is 2.99. The minimum Gasteiger partial charge on any atom is -0.502 e. The van der Waals surface area contributed by atoms with Crippen molar-refractivity contribution in [2.45, 2.75) is 5.92 Å². The summed E-state index contributed by atoms with van der Waals surface area (Å²) < 4.78 is 27.5. The van der Waals surface area contributed by atoms with Crippen LogP contribution in [-0.2, 0) is 14.4 Å². The summed E-state index contributed by atoms with van der Waals surface area (Å²) >= 11 is 0. The molecule has 3 aliphatic rings. The van der Waals surface area contributed by atoms with Gasteiger partial charge in [-0.3, -0.25) is 4.79 Å². The second-order valence-corrected chi connectivity index (χ2v) is 7.76. The number of rotatable bonds is 4. The van der Waals surface area contributed by atoms with Crippen molar-refractivity contribution < 1.29 is 38.4 Å². The molecular weight excluding hydrogens is 418 g/mol. The SMILES string of the molecule is COC(=O)[C@@H]1[C@H](c2cc(OC)c(O)c(OC)c2)c2cc3c(cc2C2=NOC[C@H]21)OCCO3. The molecule has 0 bridgehead atoms. The molecule has 2 aromatic carbocycles. The lowest BCUT2D eigenvalue weighted by molar-refractivity contribution is -0.147. The van der Waals surface area contributed by atoms with E-state index in [0.717, 1.165) is 16.7 Å². The first-order valence-electron chi connectivity index (χ1n) is 10.2. The Balaban J connectivity index is 1.77. The zero-order valence-corrected chi connectivity index (χ0v) is 17.9. The van der Waals surface area contributed by atoms with E-state index in [1.165, 1.54) is 21.3 Å². The number of benzene rings is 2. The molecule has 2 aromatic rings. The zero-order chi connectivity index (χ0) is 22.4. The minimum absolute atomic E-state index is 0.113. The molecule has 9 heteroatoms. The van der Waals surface area contributed by atoms with Crippen molar-refractivity contribution in [3.05, 3.63) is 41.0 Å². The van der Waals surface area contributed by atoms with Gasteiger partial charge in [-0.25, -0.2) is 0 Å². The monoisotopic (exact) mass is 441 g/mol. The minimum atomic E-state index is -0.615. The largest absolute Gasteiger partial charge is 0.502 e. The van der Waals surface area contributed by atoms with Crippen LogP contribution in [0.3, 0.4) is 0 Å². The van der Waals surface area contributed by atoms with Gasteiger partial charge in [0.05, 0.1) is 38.9 Å². The first-order chi connectivity index (χ1) is 15.6. The van der Waals surface area contributed by atoms with Crippen molar-refractivity contribution in [1.82, 2.24) is 0 Å². The number of aromatic hydroxyl groups is 1. The Hall–Kier alpha value is -3.62. The standard InChI is InChI=1S/C23H23NO8/c1-27-17-6-11(7-18(28-2)22(17)25)19-12-8-15-16(31-5-4-30-15)9-13(12)21-14(10-32-24-21)20(19)23(26)29-3/h6-9,14,19-20,25H,4-5,10H2,1-3H3/t14-,19+,20-/m0/s1. The number of carbonyl (C=O) groups is 1. The third-order valence-corrected chi connectivity index (χ3v) is 6.22. The molecule has 168 valence electrons.